The monoisotopic (exact) mass is 424 g/mol. The summed E-state index contributed by atoms with van der Waals surface area (Å²) in [7, 11) is 0. The van der Waals surface area contributed by atoms with Crippen molar-refractivity contribution >= 4 is 5.91 Å². The molecule has 0 aliphatic carbocycles. The Bertz CT molecular complexity index is 668. The summed E-state index contributed by atoms with van der Waals surface area (Å²) in [4.78, 5) is 19.7. The van der Waals surface area contributed by atoms with E-state index < -0.39 is 0 Å². The first-order valence-corrected chi connectivity index (χ1v) is 10.3. The highest BCUT2D eigenvalue weighted by atomic mass is 17.6. The standard InChI is InChI=1S/C16H26N4O2.C4H6O4/c1-14(21)19-10-8-18(9-11-19)6-4-12-22-16-13-15-5-2-3-7-20(15)17-16;1-2-3-4-6-8-7-5/h13H,2-12H2,1H3;5H,4H2,1H3. The molecule has 1 saturated heterocycles. The van der Waals surface area contributed by atoms with Crippen LogP contribution in [0, 0.1) is 11.8 Å². The number of aryl methyl sites for hydroxylation is 2. The van der Waals surface area contributed by atoms with Crippen LogP contribution < -0.4 is 4.74 Å². The molecule has 1 aromatic heterocycles. The van der Waals surface area contributed by atoms with E-state index in [4.69, 9.17) is 9.99 Å². The minimum Gasteiger partial charge on any atom is -0.477 e. The van der Waals surface area contributed by atoms with Crippen molar-refractivity contribution in [2.24, 2.45) is 0 Å². The van der Waals surface area contributed by atoms with E-state index >= 15 is 0 Å². The molecule has 2 aliphatic heterocycles. The predicted molar refractivity (Wildman–Crippen MR) is 108 cm³/mol. The van der Waals surface area contributed by atoms with Crippen LogP contribution in [0.3, 0.4) is 0 Å². The van der Waals surface area contributed by atoms with Crippen LogP contribution in [-0.2, 0) is 32.7 Å². The largest absolute Gasteiger partial charge is 0.477 e. The molecule has 1 aromatic rings. The summed E-state index contributed by atoms with van der Waals surface area (Å²) >= 11 is 0. The summed E-state index contributed by atoms with van der Waals surface area (Å²) < 4.78 is 7.87. The van der Waals surface area contributed by atoms with Crippen molar-refractivity contribution in [1.29, 1.82) is 0 Å². The van der Waals surface area contributed by atoms with E-state index in [1.54, 1.807) is 13.8 Å². The molecule has 1 amide bonds. The summed E-state index contributed by atoms with van der Waals surface area (Å²) in [5, 5.41) is 18.7. The molecule has 10 nitrogen and oxygen atoms in total. The van der Waals surface area contributed by atoms with Crippen LogP contribution in [0.15, 0.2) is 6.07 Å². The number of hydrogen-bond donors (Lipinski definition) is 1. The van der Waals surface area contributed by atoms with Gasteiger partial charge in [-0.2, -0.15) is 4.89 Å². The van der Waals surface area contributed by atoms with Gasteiger partial charge in [0.2, 0.25) is 11.8 Å². The molecule has 1 N–H and O–H groups in total. The van der Waals surface area contributed by atoms with E-state index in [1.807, 2.05) is 4.90 Å². The number of piperazine rings is 1. The van der Waals surface area contributed by atoms with Gasteiger partial charge >= 0.3 is 0 Å². The van der Waals surface area contributed by atoms with Crippen molar-refractivity contribution in [3.8, 4) is 17.7 Å². The highest BCUT2D eigenvalue weighted by Crippen LogP contribution is 2.19. The number of fused-ring (bicyclic) bond motifs is 1. The zero-order valence-electron chi connectivity index (χ0n) is 17.8. The number of amides is 1. The van der Waals surface area contributed by atoms with Gasteiger partial charge in [0.05, 0.1) is 6.61 Å². The first-order valence-electron chi connectivity index (χ1n) is 10.3. The van der Waals surface area contributed by atoms with Gasteiger partial charge in [0.1, 0.15) is 6.61 Å². The lowest BCUT2D eigenvalue weighted by atomic mass is 10.1. The maximum Gasteiger partial charge on any atom is 0.233 e. The number of aromatic nitrogens is 2. The van der Waals surface area contributed by atoms with E-state index in [2.05, 4.69) is 47.6 Å². The van der Waals surface area contributed by atoms with Gasteiger partial charge in [-0.3, -0.25) is 14.4 Å². The Morgan fingerprint density at radius 1 is 1.23 bits per heavy atom. The topological polar surface area (TPSA) is 98.5 Å². The Kier molecular flexibility index (Phi) is 11.2. The number of carbonyl (C=O) groups excluding carboxylic acids is 1. The van der Waals surface area contributed by atoms with Gasteiger partial charge in [0, 0.05) is 58.0 Å². The van der Waals surface area contributed by atoms with Crippen LogP contribution in [0.1, 0.15) is 38.8 Å². The number of rotatable bonds is 8. The van der Waals surface area contributed by atoms with Gasteiger partial charge in [-0.25, -0.2) is 5.26 Å². The summed E-state index contributed by atoms with van der Waals surface area (Å²) in [6, 6.07) is 2.09. The van der Waals surface area contributed by atoms with Gasteiger partial charge < -0.3 is 9.64 Å². The average molecular weight is 424 g/mol. The van der Waals surface area contributed by atoms with Crippen LogP contribution >= 0.6 is 0 Å². The van der Waals surface area contributed by atoms with Crippen molar-refractivity contribution in [3.63, 3.8) is 0 Å². The molecule has 0 unspecified atom stereocenters. The van der Waals surface area contributed by atoms with Crippen molar-refractivity contribution in [3.05, 3.63) is 11.8 Å². The third kappa shape index (κ3) is 8.69. The van der Waals surface area contributed by atoms with Crippen LogP contribution in [0.2, 0.25) is 0 Å². The van der Waals surface area contributed by atoms with Gasteiger partial charge in [-0.05, 0) is 42.7 Å². The fourth-order valence-corrected chi connectivity index (χ4v) is 3.36. The van der Waals surface area contributed by atoms with Gasteiger partial charge in [0.15, 0.2) is 0 Å². The number of hydrogen-bond acceptors (Lipinski definition) is 8. The lowest BCUT2D eigenvalue weighted by Crippen LogP contribution is -2.48. The molecule has 168 valence electrons. The Labute approximate surface area is 177 Å². The quantitative estimate of drug-likeness (QED) is 0.290. The minimum atomic E-state index is 0.0804. The zero-order valence-corrected chi connectivity index (χ0v) is 17.8. The lowest BCUT2D eigenvalue weighted by molar-refractivity contribution is -0.620. The van der Waals surface area contributed by atoms with Gasteiger partial charge in [-0.15, -0.1) is 11.0 Å². The third-order valence-corrected chi connectivity index (χ3v) is 4.97. The molecular formula is C20H32N4O6. The molecule has 30 heavy (non-hydrogen) atoms. The van der Waals surface area contributed by atoms with Crippen molar-refractivity contribution in [2.75, 3.05) is 45.9 Å². The molecule has 0 bridgehead atoms. The van der Waals surface area contributed by atoms with Gasteiger partial charge in [0.25, 0.3) is 0 Å². The maximum atomic E-state index is 11.3. The number of nitrogens with zero attached hydrogens (tertiary/aromatic N) is 4. The molecule has 0 radical (unpaired) electrons. The molecule has 0 spiro atoms. The second-order valence-electron chi connectivity index (χ2n) is 7.04. The first-order chi connectivity index (χ1) is 14.6. The number of carbonyl (C=O) groups is 1. The molecule has 3 heterocycles. The predicted octanol–water partition coefficient (Wildman–Crippen LogP) is 1.51. The van der Waals surface area contributed by atoms with E-state index in [9.17, 15) is 4.79 Å². The molecule has 10 heteroatoms. The normalized spacial score (nSPS) is 16.0. The highest BCUT2D eigenvalue weighted by Gasteiger charge is 2.18. The second kappa shape index (κ2) is 14.0. The maximum absolute atomic E-state index is 11.3. The molecule has 0 atom stereocenters. The summed E-state index contributed by atoms with van der Waals surface area (Å²) in [6.45, 7) is 9.79. The Hall–Kier alpha value is -2.16. The van der Waals surface area contributed by atoms with Crippen LogP contribution in [-0.4, -0.2) is 76.7 Å². The average Bonchev–Trinajstić information content (AvgIpc) is 3.18. The number of ether oxygens (including phenoxy) is 1. The summed E-state index contributed by atoms with van der Waals surface area (Å²) in [5.74, 6) is 5.99. The van der Waals surface area contributed by atoms with Crippen LogP contribution in [0.25, 0.3) is 0 Å². The Balaban J connectivity index is 0.000000343. The molecular weight excluding hydrogens is 392 g/mol. The molecule has 0 saturated carbocycles. The smallest absolute Gasteiger partial charge is 0.233 e. The minimum absolute atomic E-state index is 0.0804. The molecule has 0 aromatic carbocycles. The third-order valence-electron chi connectivity index (χ3n) is 4.97. The van der Waals surface area contributed by atoms with E-state index in [0.29, 0.717) is 6.61 Å². The molecule has 3 rings (SSSR count). The fraction of sp³-hybridized carbons (Fsp3) is 0.700. The fourth-order valence-electron chi connectivity index (χ4n) is 3.36. The second-order valence-corrected chi connectivity index (χ2v) is 7.04. The van der Waals surface area contributed by atoms with E-state index in [1.165, 1.54) is 18.5 Å². The summed E-state index contributed by atoms with van der Waals surface area (Å²) in [6.07, 6.45) is 4.61. The molecule has 2 aliphatic rings. The Morgan fingerprint density at radius 2 is 2.03 bits per heavy atom. The van der Waals surface area contributed by atoms with Gasteiger partial charge in [-0.1, -0.05) is 5.92 Å². The Morgan fingerprint density at radius 3 is 2.70 bits per heavy atom. The first kappa shape index (κ1) is 24.1. The van der Waals surface area contributed by atoms with Crippen molar-refractivity contribution in [1.82, 2.24) is 19.6 Å². The SMILES string of the molecule is CC#CCOOOO.CC(=O)N1CCN(CCCOc2cc3n(n2)CCCC3)CC1. The summed E-state index contributed by atoms with van der Waals surface area (Å²) in [5.41, 5.74) is 1.31. The van der Waals surface area contributed by atoms with Crippen molar-refractivity contribution < 1.29 is 29.8 Å². The van der Waals surface area contributed by atoms with Crippen LogP contribution in [0.4, 0.5) is 0 Å². The highest BCUT2D eigenvalue weighted by molar-refractivity contribution is 5.73. The van der Waals surface area contributed by atoms with E-state index in [0.717, 1.165) is 58.0 Å². The zero-order chi connectivity index (χ0) is 21.6. The van der Waals surface area contributed by atoms with Crippen molar-refractivity contribution in [2.45, 2.75) is 46.1 Å². The van der Waals surface area contributed by atoms with E-state index in [-0.39, 0.29) is 12.5 Å². The lowest BCUT2D eigenvalue weighted by Gasteiger charge is -2.34. The molecule has 1 fully saturated rings. The van der Waals surface area contributed by atoms with Crippen LogP contribution in [0.5, 0.6) is 5.88 Å².